The number of fused-ring (bicyclic) bond motifs is 1. The quantitative estimate of drug-likeness (QED) is 0.591. The van der Waals surface area contributed by atoms with Crippen LogP contribution in [0.1, 0.15) is 23.2 Å². The van der Waals surface area contributed by atoms with Crippen LogP contribution in [0.5, 0.6) is 0 Å². The highest BCUT2D eigenvalue weighted by Gasteiger charge is 2.36. The molecule has 1 amide bonds. The Kier molecular flexibility index (Phi) is 3.10. The molecule has 7 heteroatoms. The molecule has 3 heterocycles. The SMILES string of the molecule is O=Cc1c(Cl)ncnc1N1CCN2C(=O)CCC2C1. The zero-order valence-corrected chi connectivity index (χ0v) is 11.0. The third-order valence-corrected chi connectivity index (χ3v) is 4.03. The Labute approximate surface area is 115 Å². The van der Waals surface area contributed by atoms with Crippen molar-refractivity contribution in [3.63, 3.8) is 0 Å². The summed E-state index contributed by atoms with van der Waals surface area (Å²) in [5.41, 5.74) is 0.321. The molecule has 3 rings (SSSR count). The van der Waals surface area contributed by atoms with Crippen molar-refractivity contribution in [2.75, 3.05) is 24.5 Å². The van der Waals surface area contributed by atoms with Gasteiger partial charge in [0.25, 0.3) is 0 Å². The summed E-state index contributed by atoms with van der Waals surface area (Å²) in [6.45, 7) is 2.03. The Bertz CT molecular complexity index is 536. The van der Waals surface area contributed by atoms with Crippen LogP contribution in [0.25, 0.3) is 0 Å². The van der Waals surface area contributed by atoms with Gasteiger partial charge in [-0.3, -0.25) is 9.59 Å². The van der Waals surface area contributed by atoms with E-state index in [1.54, 1.807) is 0 Å². The zero-order chi connectivity index (χ0) is 13.4. The van der Waals surface area contributed by atoms with Crippen molar-refractivity contribution in [2.24, 2.45) is 0 Å². The lowest BCUT2D eigenvalue weighted by molar-refractivity contribution is -0.129. The molecular formula is C12H13ClN4O2. The van der Waals surface area contributed by atoms with Crippen LogP contribution in [0.15, 0.2) is 6.33 Å². The number of hydrogen-bond acceptors (Lipinski definition) is 5. The first-order valence-electron chi connectivity index (χ1n) is 6.21. The van der Waals surface area contributed by atoms with E-state index in [1.807, 2.05) is 9.80 Å². The van der Waals surface area contributed by atoms with E-state index in [4.69, 9.17) is 11.6 Å². The second-order valence-corrected chi connectivity index (χ2v) is 5.10. The van der Waals surface area contributed by atoms with Gasteiger partial charge < -0.3 is 9.80 Å². The molecule has 0 radical (unpaired) electrons. The van der Waals surface area contributed by atoms with Gasteiger partial charge in [-0.2, -0.15) is 0 Å². The monoisotopic (exact) mass is 280 g/mol. The summed E-state index contributed by atoms with van der Waals surface area (Å²) < 4.78 is 0. The van der Waals surface area contributed by atoms with Crippen LogP contribution in [-0.4, -0.2) is 52.7 Å². The highest BCUT2D eigenvalue weighted by Crippen LogP contribution is 2.28. The number of carbonyl (C=O) groups is 2. The number of nitrogens with zero attached hydrogens (tertiary/aromatic N) is 4. The molecule has 6 nitrogen and oxygen atoms in total. The molecule has 2 saturated heterocycles. The van der Waals surface area contributed by atoms with Gasteiger partial charge in [-0.05, 0) is 6.42 Å². The average Bonchev–Trinajstić information content (AvgIpc) is 2.79. The maximum absolute atomic E-state index is 11.6. The van der Waals surface area contributed by atoms with Gasteiger partial charge in [-0.25, -0.2) is 9.97 Å². The first kappa shape index (κ1) is 12.3. The number of aromatic nitrogens is 2. The fraction of sp³-hybridized carbons (Fsp3) is 0.500. The summed E-state index contributed by atoms with van der Waals surface area (Å²) in [5.74, 6) is 0.787. The molecule has 0 spiro atoms. The number of amides is 1. The molecule has 0 aromatic carbocycles. The Morgan fingerprint density at radius 2 is 2.21 bits per heavy atom. The van der Waals surface area contributed by atoms with Crippen molar-refractivity contribution in [3.8, 4) is 0 Å². The van der Waals surface area contributed by atoms with Gasteiger partial charge in [-0.15, -0.1) is 0 Å². The Hall–Kier alpha value is -1.69. The van der Waals surface area contributed by atoms with E-state index in [2.05, 4.69) is 9.97 Å². The standard InChI is InChI=1S/C12H13ClN4O2/c13-11-9(6-18)12(15-7-14-11)16-3-4-17-8(5-16)1-2-10(17)19/h6-8H,1-5H2. The molecular weight excluding hydrogens is 268 g/mol. The number of piperazine rings is 1. The van der Waals surface area contributed by atoms with E-state index in [0.717, 1.165) is 6.42 Å². The summed E-state index contributed by atoms with van der Waals surface area (Å²) in [6, 6.07) is 0.217. The van der Waals surface area contributed by atoms with E-state index in [-0.39, 0.29) is 17.1 Å². The third kappa shape index (κ3) is 2.06. The van der Waals surface area contributed by atoms with Crippen molar-refractivity contribution in [2.45, 2.75) is 18.9 Å². The van der Waals surface area contributed by atoms with Gasteiger partial charge in [0.1, 0.15) is 17.3 Å². The second-order valence-electron chi connectivity index (χ2n) is 4.75. The van der Waals surface area contributed by atoms with Crippen LogP contribution in [0.4, 0.5) is 5.82 Å². The average molecular weight is 281 g/mol. The van der Waals surface area contributed by atoms with Crippen LogP contribution in [0, 0.1) is 0 Å². The molecule has 19 heavy (non-hydrogen) atoms. The summed E-state index contributed by atoms with van der Waals surface area (Å²) in [6.07, 6.45) is 3.52. The van der Waals surface area contributed by atoms with E-state index < -0.39 is 0 Å². The Morgan fingerprint density at radius 3 is 3.00 bits per heavy atom. The third-order valence-electron chi connectivity index (χ3n) is 3.73. The lowest BCUT2D eigenvalue weighted by atomic mass is 10.1. The molecule has 2 aliphatic rings. The predicted octanol–water partition coefficient (Wildman–Crippen LogP) is 0.753. The van der Waals surface area contributed by atoms with Crippen LogP contribution >= 0.6 is 11.6 Å². The molecule has 1 unspecified atom stereocenters. The highest BCUT2D eigenvalue weighted by molar-refractivity contribution is 6.32. The van der Waals surface area contributed by atoms with Crippen molar-refractivity contribution in [1.29, 1.82) is 0 Å². The number of halogens is 1. The zero-order valence-electron chi connectivity index (χ0n) is 10.3. The van der Waals surface area contributed by atoms with Crippen LogP contribution in [-0.2, 0) is 4.79 Å². The molecule has 2 fully saturated rings. The van der Waals surface area contributed by atoms with Crippen LogP contribution in [0.3, 0.4) is 0 Å². The molecule has 0 bridgehead atoms. The number of rotatable bonds is 2. The first-order chi connectivity index (χ1) is 9.20. The molecule has 0 saturated carbocycles. The van der Waals surface area contributed by atoms with E-state index in [9.17, 15) is 9.59 Å². The molecule has 1 atom stereocenters. The smallest absolute Gasteiger partial charge is 0.223 e. The van der Waals surface area contributed by atoms with E-state index in [0.29, 0.717) is 43.7 Å². The molecule has 1 aromatic rings. The van der Waals surface area contributed by atoms with Crippen molar-refractivity contribution in [3.05, 3.63) is 17.0 Å². The second kappa shape index (κ2) is 4.77. The summed E-state index contributed by atoms with van der Waals surface area (Å²) >= 11 is 5.91. The van der Waals surface area contributed by atoms with Crippen molar-refractivity contribution >= 4 is 29.6 Å². The van der Waals surface area contributed by atoms with Crippen LogP contribution in [0.2, 0.25) is 5.15 Å². The summed E-state index contributed by atoms with van der Waals surface area (Å²) in [7, 11) is 0. The lowest BCUT2D eigenvalue weighted by Gasteiger charge is -2.38. The van der Waals surface area contributed by atoms with E-state index in [1.165, 1.54) is 6.33 Å². The number of carbonyl (C=O) groups excluding carboxylic acids is 2. The molecule has 1 aromatic heterocycles. The molecule has 0 N–H and O–H groups in total. The minimum absolute atomic E-state index is 0.171. The fourth-order valence-electron chi connectivity index (χ4n) is 2.78. The normalized spacial score (nSPS) is 22.6. The first-order valence-corrected chi connectivity index (χ1v) is 6.58. The van der Waals surface area contributed by atoms with Gasteiger partial charge in [0.15, 0.2) is 6.29 Å². The Balaban J connectivity index is 1.86. The van der Waals surface area contributed by atoms with Crippen molar-refractivity contribution in [1.82, 2.24) is 14.9 Å². The molecule has 0 aliphatic carbocycles. The fourth-order valence-corrected chi connectivity index (χ4v) is 2.95. The number of anilines is 1. The summed E-state index contributed by atoms with van der Waals surface area (Å²) in [4.78, 5) is 34.7. The predicted molar refractivity (Wildman–Crippen MR) is 69.4 cm³/mol. The maximum atomic E-state index is 11.6. The van der Waals surface area contributed by atoms with Crippen molar-refractivity contribution < 1.29 is 9.59 Å². The number of hydrogen-bond donors (Lipinski definition) is 0. The van der Waals surface area contributed by atoms with Gasteiger partial charge in [0, 0.05) is 32.1 Å². The molecule has 100 valence electrons. The summed E-state index contributed by atoms with van der Waals surface area (Å²) in [5, 5.41) is 0.171. The minimum atomic E-state index is 0.171. The molecule has 2 aliphatic heterocycles. The lowest BCUT2D eigenvalue weighted by Crippen LogP contribution is -2.52. The Morgan fingerprint density at radius 1 is 1.37 bits per heavy atom. The topological polar surface area (TPSA) is 66.4 Å². The maximum Gasteiger partial charge on any atom is 0.223 e. The van der Waals surface area contributed by atoms with Gasteiger partial charge in [0.05, 0.1) is 5.56 Å². The highest BCUT2D eigenvalue weighted by atomic mass is 35.5. The van der Waals surface area contributed by atoms with Gasteiger partial charge in [0.2, 0.25) is 5.91 Å². The van der Waals surface area contributed by atoms with E-state index >= 15 is 0 Å². The largest absolute Gasteiger partial charge is 0.352 e. The van der Waals surface area contributed by atoms with Gasteiger partial charge in [-0.1, -0.05) is 11.6 Å². The minimum Gasteiger partial charge on any atom is -0.352 e. The number of aldehydes is 1. The van der Waals surface area contributed by atoms with Crippen LogP contribution < -0.4 is 4.90 Å². The van der Waals surface area contributed by atoms with Gasteiger partial charge >= 0.3 is 0 Å².